The number of nitrogens with zero attached hydrogens (tertiary/aromatic N) is 1. The Morgan fingerprint density at radius 2 is 2.25 bits per heavy atom. The van der Waals surface area contributed by atoms with Crippen LogP contribution in [0.3, 0.4) is 0 Å². The van der Waals surface area contributed by atoms with Crippen molar-refractivity contribution < 1.29 is 8.42 Å². The highest BCUT2D eigenvalue weighted by atomic mass is 35.7. The Kier molecular flexibility index (Phi) is 2.75. The van der Waals surface area contributed by atoms with E-state index in [4.69, 9.17) is 10.7 Å². The molecule has 0 bridgehead atoms. The third kappa shape index (κ3) is 2.18. The second kappa shape index (κ2) is 3.32. The summed E-state index contributed by atoms with van der Waals surface area (Å²) in [5, 5.41) is 1.63. The molecule has 1 unspecified atom stereocenters. The molecule has 0 aliphatic rings. The average Bonchev–Trinajstić information content (AvgIpc) is 2.32. The maximum atomic E-state index is 10.9. The summed E-state index contributed by atoms with van der Waals surface area (Å²) in [6.45, 7) is 3.34. The summed E-state index contributed by atoms with van der Waals surface area (Å²) in [4.78, 5) is 4.03. The van der Waals surface area contributed by atoms with Crippen molar-refractivity contribution in [3.63, 3.8) is 0 Å². The van der Waals surface area contributed by atoms with Crippen molar-refractivity contribution in [3.05, 3.63) is 16.1 Å². The Bertz CT molecular complexity index is 371. The highest BCUT2D eigenvalue weighted by molar-refractivity contribution is 8.14. The molecular formula is C6H8ClNO2S2. The van der Waals surface area contributed by atoms with E-state index in [9.17, 15) is 8.42 Å². The highest BCUT2D eigenvalue weighted by Crippen LogP contribution is 2.27. The molecule has 1 aromatic rings. The largest absolute Gasteiger partial charge is 0.245 e. The smallest absolute Gasteiger partial charge is 0.241 e. The summed E-state index contributed by atoms with van der Waals surface area (Å²) in [7, 11) is 1.64. The molecule has 0 amide bonds. The van der Waals surface area contributed by atoms with Crippen LogP contribution < -0.4 is 0 Å². The fourth-order valence-corrected chi connectivity index (χ4v) is 2.66. The van der Waals surface area contributed by atoms with Gasteiger partial charge in [-0.1, -0.05) is 0 Å². The summed E-state index contributed by atoms with van der Waals surface area (Å²) in [6.07, 6.45) is 0. The molecule has 0 spiro atoms. The van der Waals surface area contributed by atoms with Gasteiger partial charge in [0.2, 0.25) is 9.05 Å². The first kappa shape index (κ1) is 9.95. The lowest BCUT2D eigenvalue weighted by atomic mass is 10.5. The zero-order valence-corrected chi connectivity index (χ0v) is 9.00. The molecule has 0 aliphatic carbocycles. The molecular weight excluding hydrogens is 218 g/mol. The number of hydrogen-bond acceptors (Lipinski definition) is 4. The van der Waals surface area contributed by atoms with E-state index in [1.54, 1.807) is 5.38 Å². The molecule has 1 atom stereocenters. The fourth-order valence-electron chi connectivity index (χ4n) is 0.679. The predicted octanol–water partition coefficient (Wildman–Crippen LogP) is 2.08. The third-order valence-electron chi connectivity index (χ3n) is 1.41. The molecule has 0 fully saturated rings. The lowest BCUT2D eigenvalue weighted by Gasteiger charge is -2.01. The van der Waals surface area contributed by atoms with Crippen LogP contribution in [0.5, 0.6) is 0 Å². The van der Waals surface area contributed by atoms with Gasteiger partial charge in [0.25, 0.3) is 0 Å². The van der Waals surface area contributed by atoms with E-state index in [0.29, 0.717) is 5.01 Å². The number of halogens is 1. The normalized spacial score (nSPS) is 14.6. The zero-order valence-electron chi connectivity index (χ0n) is 6.61. The number of aryl methyl sites for hydroxylation is 1. The maximum absolute atomic E-state index is 10.9. The van der Waals surface area contributed by atoms with Gasteiger partial charge in [0.05, 0.1) is 0 Å². The minimum absolute atomic E-state index is 0.544. The Morgan fingerprint density at radius 3 is 2.58 bits per heavy atom. The van der Waals surface area contributed by atoms with E-state index >= 15 is 0 Å². The number of thiazole rings is 1. The summed E-state index contributed by atoms with van der Waals surface area (Å²) in [6, 6.07) is 0. The van der Waals surface area contributed by atoms with Gasteiger partial charge in [-0.25, -0.2) is 13.4 Å². The van der Waals surface area contributed by atoms with Crippen LogP contribution in [0, 0.1) is 6.92 Å². The van der Waals surface area contributed by atoms with Gasteiger partial charge in [0, 0.05) is 21.8 Å². The van der Waals surface area contributed by atoms with E-state index < -0.39 is 14.3 Å². The first-order valence-electron chi connectivity index (χ1n) is 3.27. The van der Waals surface area contributed by atoms with E-state index in [-0.39, 0.29) is 0 Å². The van der Waals surface area contributed by atoms with Gasteiger partial charge >= 0.3 is 0 Å². The Morgan fingerprint density at radius 1 is 1.67 bits per heavy atom. The Labute approximate surface area is 79.8 Å². The van der Waals surface area contributed by atoms with Crippen LogP contribution in [-0.4, -0.2) is 13.4 Å². The molecule has 0 aromatic carbocycles. The standard InChI is InChI=1S/C6H8ClNO2S2/c1-4-3-11-6(8-4)5(2)12(7,9)10/h3,5H,1-2H3. The summed E-state index contributed by atoms with van der Waals surface area (Å²) < 4.78 is 21.7. The zero-order chi connectivity index (χ0) is 9.35. The summed E-state index contributed by atoms with van der Waals surface area (Å²) in [5.41, 5.74) is 0.821. The molecule has 0 radical (unpaired) electrons. The van der Waals surface area contributed by atoms with Crippen molar-refractivity contribution in [2.75, 3.05) is 0 Å². The van der Waals surface area contributed by atoms with Crippen LogP contribution in [0.25, 0.3) is 0 Å². The van der Waals surface area contributed by atoms with Gasteiger partial charge in [-0.3, -0.25) is 0 Å². The van der Waals surface area contributed by atoms with Gasteiger partial charge in [-0.2, -0.15) is 0 Å². The van der Waals surface area contributed by atoms with E-state index in [2.05, 4.69) is 4.98 Å². The molecule has 6 heteroatoms. The van der Waals surface area contributed by atoms with Gasteiger partial charge in [0.15, 0.2) is 0 Å². The number of aromatic nitrogens is 1. The molecule has 1 rings (SSSR count). The molecule has 0 saturated carbocycles. The lowest BCUT2D eigenvalue weighted by molar-refractivity contribution is 0.600. The average molecular weight is 226 g/mol. The second-order valence-corrected chi connectivity index (χ2v) is 6.28. The Hall–Kier alpha value is -0.130. The molecule has 0 N–H and O–H groups in total. The lowest BCUT2D eigenvalue weighted by Crippen LogP contribution is -2.02. The SMILES string of the molecule is Cc1csc(C(C)S(=O)(=O)Cl)n1. The van der Waals surface area contributed by atoms with Crippen LogP contribution in [0.4, 0.5) is 0 Å². The van der Waals surface area contributed by atoms with Crippen LogP contribution in [0.2, 0.25) is 0 Å². The van der Waals surface area contributed by atoms with Gasteiger partial charge in [-0.05, 0) is 13.8 Å². The van der Waals surface area contributed by atoms with E-state index in [1.807, 2.05) is 6.92 Å². The van der Waals surface area contributed by atoms with Crippen molar-refractivity contribution in [2.24, 2.45) is 0 Å². The van der Waals surface area contributed by atoms with Gasteiger partial charge in [0.1, 0.15) is 10.3 Å². The first-order chi connectivity index (χ1) is 5.41. The molecule has 1 heterocycles. The minimum Gasteiger partial charge on any atom is -0.245 e. The van der Waals surface area contributed by atoms with Crippen LogP contribution in [0.1, 0.15) is 22.9 Å². The van der Waals surface area contributed by atoms with Gasteiger partial charge < -0.3 is 0 Å². The molecule has 0 saturated heterocycles. The van der Waals surface area contributed by atoms with E-state index in [0.717, 1.165) is 5.69 Å². The second-order valence-electron chi connectivity index (χ2n) is 2.44. The topological polar surface area (TPSA) is 47.0 Å². The summed E-state index contributed by atoms with van der Waals surface area (Å²) in [5.74, 6) is 0. The van der Waals surface area contributed by atoms with Crippen molar-refractivity contribution >= 4 is 31.1 Å². The highest BCUT2D eigenvalue weighted by Gasteiger charge is 2.22. The Balaban J connectivity index is 3.01. The molecule has 1 aromatic heterocycles. The van der Waals surface area contributed by atoms with Gasteiger partial charge in [-0.15, -0.1) is 11.3 Å². The summed E-state index contributed by atoms with van der Waals surface area (Å²) >= 11 is 1.31. The molecule has 12 heavy (non-hydrogen) atoms. The fraction of sp³-hybridized carbons (Fsp3) is 0.500. The van der Waals surface area contributed by atoms with E-state index in [1.165, 1.54) is 18.3 Å². The van der Waals surface area contributed by atoms with Crippen LogP contribution in [-0.2, 0) is 9.05 Å². The molecule has 0 aliphatic heterocycles. The van der Waals surface area contributed by atoms with Crippen molar-refractivity contribution in [2.45, 2.75) is 19.1 Å². The monoisotopic (exact) mass is 225 g/mol. The van der Waals surface area contributed by atoms with Crippen LogP contribution in [0.15, 0.2) is 5.38 Å². The van der Waals surface area contributed by atoms with Crippen molar-refractivity contribution in [3.8, 4) is 0 Å². The van der Waals surface area contributed by atoms with Crippen molar-refractivity contribution in [1.29, 1.82) is 0 Å². The number of hydrogen-bond donors (Lipinski definition) is 0. The molecule has 68 valence electrons. The third-order valence-corrected chi connectivity index (χ3v) is 4.57. The number of rotatable bonds is 2. The first-order valence-corrected chi connectivity index (χ1v) is 6.52. The maximum Gasteiger partial charge on any atom is 0.241 e. The predicted molar refractivity (Wildman–Crippen MR) is 50.0 cm³/mol. The molecule has 3 nitrogen and oxygen atoms in total. The quantitative estimate of drug-likeness (QED) is 0.724. The van der Waals surface area contributed by atoms with Crippen LogP contribution >= 0.6 is 22.0 Å². The van der Waals surface area contributed by atoms with Crippen molar-refractivity contribution in [1.82, 2.24) is 4.98 Å². The minimum atomic E-state index is -3.52.